The fourth-order valence-electron chi connectivity index (χ4n) is 2.49. The van der Waals surface area contributed by atoms with Crippen molar-refractivity contribution in [2.75, 3.05) is 30.3 Å². The molecule has 0 spiro atoms. The second-order valence-corrected chi connectivity index (χ2v) is 6.90. The first kappa shape index (κ1) is 17.5. The Balaban J connectivity index is 1.93. The number of hydrogen-bond acceptors (Lipinski definition) is 4. The average Bonchev–Trinajstić information content (AvgIpc) is 2.47. The number of ether oxygens (including phenoxy) is 1. The zero-order valence-corrected chi connectivity index (χ0v) is 14.0. The second-order valence-electron chi connectivity index (χ2n) is 6.90. The molecule has 3 N–H and O–H groups in total. The molecule has 0 aromatic heterocycles. The molecule has 1 aromatic carbocycles. The molecule has 23 heavy (non-hydrogen) atoms. The summed E-state index contributed by atoms with van der Waals surface area (Å²) in [5.41, 5.74) is 0.288. The number of nitrogens with one attached hydrogen (secondary N) is 3. The van der Waals surface area contributed by atoms with Crippen molar-refractivity contribution in [1.82, 2.24) is 5.32 Å². The summed E-state index contributed by atoms with van der Waals surface area (Å²) < 4.78 is 19.0. The average molecular weight is 323 g/mol. The van der Waals surface area contributed by atoms with E-state index in [-0.39, 0.29) is 5.69 Å². The Morgan fingerprint density at radius 1 is 1.35 bits per heavy atom. The summed E-state index contributed by atoms with van der Waals surface area (Å²) in [6.07, 6.45) is 1.61. The Labute approximate surface area is 137 Å². The van der Waals surface area contributed by atoms with Crippen LogP contribution in [0.3, 0.4) is 0 Å². The Morgan fingerprint density at radius 3 is 2.70 bits per heavy atom. The van der Waals surface area contributed by atoms with Crippen LogP contribution < -0.4 is 16.0 Å². The van der Waals surface area contributed by atoms with Gasteiger partial charge >= 0.3 is 6.09 Å². The van der Waals surface area contributed by atoms with Crippen LogP contribution in [0.5, 0.6) is 0 Å². The van der Waals surface area contributed by atoms with Gasteiger partial charge in [-0.05, 0) is 70.8 Å². The topological polar surface area (TPSA) is 62.4 Å². The van der Waals surface area contributed by atoms with Gasteiger partial charge in [-0.1, -0.05) is 0 Å². The van der Waals surface area contributed by atoms with E-state index >= 15 is 0 Å². The summed E-state index contributed by atoms with van der Waals surface area (Å²) in [4.78, 5) is 11.8. The number of amides is 1. The van der Waals surface area contributed by atoms with Crippen LogP contribution >= 0.6 is 0 Å². The van der Waals surface area contributed by atoms with E-state index in [1.54, 1.807) is 32.9 Å². The van der Waals surface area contributed by atoms with Crippen molar-refractivity contribution in [3.05, 3.63) is 24.0 Å². The fraction of sp³-hybridized carbons (Fsp3) is 0.588. The quantitative estimate of drug-likeness (QED) is 0.792. The standard InChI is InChI=1S/C17H26FN3O2/c1-17(2,3)23-16(22)21-15-10-13(4-5-14(15)18)20-11-12-6-8-19-9-7-12/h4-5,10,12,19-20H,6-9,11H2,1-3H3,(H,21,22). The van der Waals surface area contributed by atoms with Crippen molar-refractivity contribution >= 4 is 17.5 Å². The zero-order valence-electron chi connectivity index (χ0n) is 14.0. The molecular formula is C17H26FN3O2. The van der Waals surface area contributed by atoms with E-state index in [9.17, 15) is 9.18 Å². The molecule has 128 valence electrons. The third-order valence-corrected chi connectivity index (χ3v) is 3.66. The lowest BCUT2D eigenvalue weighted by molar-refractivity contribution is 0.0635. The smallest absolute Gasteiger partial charge is 0.412 e. The third kappa shape index (κ3) is 6.06. The molecule has 1 aromatic rings. The minimum atomic E-state index is -0.660. The maximum Gasteiger partial charge on any atom is 0.412 e. The van der Waals surface area contributed by atoms with E-state index in [4.69, 9.17) is 4.74 Å². The zero-order chi connectivity index (χ0) is 16.9. The third-order valence-electron chi connectivity index (χ3n) is 3.66. The number of rotatable bonds is 4. The van der Waals surface area contributed by atoms with Crippen molar-refractivity contribution in [3.63, 3.8) is 0 Å². The van der Waals surface area contributed by atoms with Gasteiger partial charge in [0, 0.05) is 12.2 Å². The molecule has 0 saturated carbocycles. The van der Waals surface area contributed by atoms with Gasteiger partial charge in [-0.25, -0.2) is 9.18 Å². The normalized spacial score (nSPS) is 16.0. The van der Waals surface area contributed by atoms with Crippen LogP contribution in [0.1, 0.15) is 33.6 Å². The highest BCUT2D eigenvalue weighted by atomic mass is 19.1. The highest BCUT2D eigenvalue weighted by Crippen LogP contribution is 2.22. The highest BCUT2D eigenvalue weighted by Gasteiger charge is 2.18. The Morgan fingerprint density at radius 2 is 2.04 bits per heavy atom. The van der Waals surface area contributed by atoms with Gasteiger partial charge < -0.3 is 15.4 Å². The van der Waals surface area contributed by atoms with Crippen molar-refractivity contribution in [2.45, 2.75) is 39.2 Å². The Hall–Kier alpha value is -1.82. The van der Waals surface area contributed by atoms with E-state index < -0.39 is 17.5 Å². The van der Waals surface area contributed by atoms with Crippen LogP contribution in [0.2, 0.25) is 0 Å². The molecule has 5 nitrogen and oxygen atoms in total. The van der Waals surface area contributed by atoms with Crippen LogP contribution in [0.4, 0.5) is 20.6 Å². The summed E-state index contributed by atoms with van der Waals surface area (Å²) in [5.74, 6) is 0.131. The van der Waals surface area contributed by atoms with E-state index in [1.807, 2.05) is 0 Å². The Bertz CT molecular complexity index is 537. The van der Waals surface area contributed by atoms with Crippen LogP contribution in [-0.2, 0) is 4.74 Å². The minimum absolute atomic E-state index is 0.120. The molecule has 6 heteroatoms. The first-order chi connectivity index (χ1) is 10.8. The number of carbonyl (C=O) groups excluding carboxylic acids is 1. The summed E-state index contributed by atoms with van der Waals surface area (Å²) in [6.45, 7) is 8.22. The van der Waals surface area contributed by atoms with Crippen LogP contribution in [-0.4, -0.2) is 31.3 Å². The molecule has 1 heterocycles. The van der Waals surface area contributed by atoms with Crippen LogP contribution in [0.25, 0.3) is 0 Å². The molecule has 1 saturated heterocycles. The molecule has 1 fully saturated rings. The molecule has 1 aliphatic heterocycles. The van der Waals surface area contributed by atoms with E-state index in [2.05, 4.69) is 16.0 Å². The summed E-state index contributed by atoms with van der Waals surface area (Å²) in [6, 6.07) is 4.62. The van der Waals surface area contributed by atoms with Gasteiger partial charge in [0.15, 0.2) is 0 Å². The number of hydrogen-bond donors (Lipinski definition) is 3. The molecule has 0 aliphatic carbocycles. The number of anilines is 2. The van der Waals surface area contributed by atoms with Gasteiger partial charge in [0.1, 0.15) is 11.4 Å². The number of halogens is 1. The molecule has 0 radical (unpaired) electrons. The lowest BCUT2D eigenvalue weighted by Gasteiger charge is -2.23. The monoisotopic (exact) mass is 323 g/mol. The van der Waals surface area contributed by atoms with Gasteiger partial charge in [-0.3, -0.25) is 5.32 Å². The first-order valence-corrected chi connectivity index (χ1v) is 8.07. The van der Waals surface area contributed by atoms with Crippen LogP contribution in [0.15, 0.2) is 18.2 Å². The van der Waals surface area contributed by atoms with Gasteiger partial charge in [-0.2, -0.15) is 0 Å². The van der Waals surface area contributed by atoms with Crippen molar-refractivity contribution in [2.24, 2.45) is 5.92 Å². The predicted octanol–water partition coefficient (Wildman–Crippen LogP) is 3.58. The number of piperidine rings is 1. The first-order valence-electron chi connectivity index (χ1n) is 8.07. The van der Waals surface area contributed by atoms with E-state index in [0.717, 1.165) is 38.2 Å². The molecule has 2 rings (SSSR count). The minimum Gasteiger partial charge on any atom is -0.444 e. The van der Waals surface area contributed by atoms with Crippen LogP contribution in [0, 0.1) is 11.7 Å². The SMILES string of the molecule is CC(C)(C)OC(=O)Nc1cc(NCC2CCNCC2)ccc1F. The van der Waals surface area contributed by atoms with Gasteiger partial charge in [0.25, 0.3) is 0 Å². The Kier molecular flexibility index (Phi) is 5.82. The fourth-order valence-corrected chi connectivity index (χ4v) is 2.49. The largest absolute Gasteiger partial charge is 0.444 e. The summed E-state index contributed by atoms with van der Waals surface area (Å²) in [5, 5.41) is 9.11. The van der Waals surface area contributed by atoms with E-state index in [0.29, 0.717) is 5.92 Å². The van der Waals surface area contributed by atoms with Gasteiger partial charge in [0.2, 0.25) is 0 Å². The summed E-state index contributed by atoms with van der Waals surface area (Å²) >= 11 is 0. The number of carbonyl (C=O) groups is 1. The highest BCUT2D eigenvalue weighted by molar-refractivity contribution is 5.85. The predicted molar refractivity (Wildman–Crippen MR) is 90.3 cm³/mol. The molecular weight excluding hydrogens is 297 g/mol. The lowest BCUT2D eigenvalue weighted by Crippen LogP contribution is -2.31. The van der Waals surface area contributed by atoms with Crippen molar-refractivity contribution in [3.8, 4) is 0 Å². The van der Waals surface area contributed by atoms with Crippen molar-refractivity contribution in [1.29, 1.82) is 0 Å². The summed E-state index contributed by atoms with van der Waals surface area (Å²) in [7, 11) is 0. The molecule has 1 aliphatic rings. The van der Waals surface area contributed by atoms with Gasteiger partial charge in [-0.15, -0.1) is 0 Å². The maximum atomic E-state index is 13.9. The molecule has 0 bridgehead atoms. The molecule has 1 amide bonds. The maximum absolute atomic E-state index is 13.9. The van der Waals surface area contributed by atoms with E-state index in [1.165, 1.54) is 6.07 Å². The number of benzene rings is 1. The lowest BCUT2D eigenvalue weighted by atomic mass is 9.98. The molecule has 0 unspecified atom stereocenters. The van der Waals surface area contributed by atoms with Crippen molar-refractivity contribution < 1.29 is 13.9 Å². The second kappa shape index (κ2) is 7.64. The van der Waals surface area contributed by atoms with Gasteiger partial charge in [0.05, 0.1) is 5.69 Å². The molecule has 0 atom stereocenters.